The van der Waals surface area contributed by atoms with E-state index < -0.39 is 0 Å². The normalized spacial score (nSPS) is 10.5. The Labute approximate surface area is 82.7 Å². The van der Waals surface area contributed by atoms with Crippen LogP contribution < -0.4 is 5.73 Å². The van der Waals surface area contributed by atoms with E-state index in [0.717, 1.165) is 5.76 Å². The summed E-state index contributed by atoms with van der Waals surface area (Å²) in [5, 5.41) is 7.44. The zero-order chi connectivity index (χ0) is 9.26. The van der Waals surface area contributed by atoms with E-state index >= 15 is 0 Å². The molecule has 6 heteroatoms. The molecule has 0 aliphatic heterocycles. The first kappa shape index (κ1) is 8.31. The van der Waals surface area contributed by atoms with E-state index in [4.69, 9.17) is 10.2 Å². The molecule has 0 aromatic carbocycles. The first-order valence-electron chi connectivity index (χ1n) is 3.64. The standard InChI is InChI=1S/C7H7BrN4O/c8-6-2-1-5(13-6)3-12-4-7(9)10-11-12/h1-2,4H,3,9H2. The second-order valence-electron chi connectivity index (χ2n) is 2.55. The number of halogens is 1. The van der Waals surface area contributed by atoms with Crippen molar-refractivity contribution in [2.45, 2.75) is 6.54 Å². The summed E-state index contributed by atoms with van der Waals surface area (Å²) in [6, 6.07) is 3.69. The fourth-order valence-corrected chi connectivity index (χ4v) is 1.33. The fourth-order valence-electron chi connectivity index (χ4n) is 0.987. The molecule has 0 fully saturated rings. The quantitative estimate of drug-likeness (QED) is 0.861. The smallest absolute Gasteiger partial charge is 0.169 e. The van der Waals surface area contributed by atoms with Crippen LogP contribution in [0.5, 0.6) is 0 Å². The molecule has 0 atom stereocenters. The number of aromatic nitrogens is 3. The molecular formula is C7H7BrN4O. The maximum absolute atomic E-state index is 5.40. The third-order valence-electron chi connectivity index (χ3n) is 1.50. The molecule has 0 saturated carbocycles. The number of furan rings is 1. The molecule has 2 N–H and O–H groups in total. The van der Waals surface area contributed by atoms with Gasteiger partial charge >= 0.3 is 0 Å². The van der Waals surface area contributed by atoms with E-state index in [0.29, 0.717) is 17.0 Å². The third-order valence-corrected chi connectivity index (χ3v) is 1.93. The Morgan fingerprint density at radius 1 is 1.54 bits per heavy atom. The van der Waals surface area contributed by atoms with Crippen LogP contribution in [0.3, 0.4) is 0 Å². The lowest BCUT2D eigenvalue weighted by atomic mass is 10.4. The van der Waals surface area contributed by atoms with E-state index in [1.807, 2.05) is 12.1 Å². The van der Waals surface area contributed by atoms with Gasteiger partial charge in [0.05, 0.1) is 6.20 Å². The summed E-state index contributed by atoms with van der Waals surface area (Å²) in [6.07, 6.45) is 1.65. The Morgan fingerprint density at radius 3 is 2.92 bits per heavy atom. The number of anilines is 1. The van der Waals surface area contributed by atoms with Gasteiger partial charge in [-0.25, -0.2) is 4.68 Å². The van der Waals surface area contributed by atoms with Crippen molar-refractivity contribution in [1.82, 2.24) is 15.0 Å². The SMILES string of the molecule is Nc1cn(Cc2ccc(Br)o2)nn1. The average molecular weight is 243 g/mol. The number of hydrogen-bond acceptors (Lipinski definition) is 4. The highest BCUT2D eigenvalue weighted by Crippen LogP contribution is 2.14. The maximum Gasteiger partial charge on any atom is 0.169 e. The van der Waals surface area contributed by atoms with Crippen molar-refractivity contribution < 1.29 is 4.42 Å². The van der Waals surface area contributed by atoms with Crippen LogP contribution >= 0.6 is 15.9 Å². The van der Waals surface area contributed by atoms with Crippen LogP contribution in [-0.4, -0.2) is 15.0 Å². The predicted octanol–water partition coefficient (Wildman–Crippen LogP) is 1.26. The Bertz CT molecular complexity index is 370. The van der Waals surface area contributed by atoms with Crippen molar-refractivity contribution in [2.75, 3.05) is 5.73 Å². The molecule has 0 unspecified atom stereocenters. The van der Waals surface area contributed by atoms with E-state index in [2.05, 4.69) is 26.2 Å². The van der Waals surface area contributed by atoms with Crippen molar-refractivity contribution in [1.29, 1.82) is 0 Å². The van der Waals surface area contributed by atoms with Gasteiger partial charge in [0.25, 0.3) is 0 Å². The van der Waals surface area contributed by atoms with Crippen molar-refractivity contribution in [3.63, 3.8) is 0 Å². The molecule has 0 saturated heterocycles. The number of nitrogen functional groups attached to an aromatic ring is 1. The molecular weight excluding hydrogens is 236 g/mol. The predicted molar refractivity (Wildman–Crippen MR) is 49.9 cm³/mol. The first-order chi connectivity index (χ1) is 6.24. The van der Waals surface area contributed by atoms with E-state index in [-0.39, 0.29) is 0 Å². The lowest BCUT2D eigenvalue weighted by Crippen LogP contribution is -1.98. The van der Waals surface area contributed by atoms with Crippen molar-refractivity contribution in [3.05, 3.63) is 28.8 Å². The molecule has 5 nitrogen and oxygen atoms in total. The van der Waals surface area contributed by atoms with Gasteiger partial charge in [-0.1, -0.05) is 5.21 Å². The summed E-state index contributed by atoms with van der Waals surface area (Å²) in [7, 11) is 0. The monoisotopic (exact) mass is 242 g/mol. The molecule has 0 bridgehead atoms. The Balaban J connectivity index is 2.14. The van der Waals surface area contributed by atoms with Crippen LogP contribution in [0.25, 0.3) is 0 Å². The van der Waals surface area contributed by atoms with Crippen LogP contribution in [0.2, 0.25) is 0 Å². The van der Waals surface area contributed by atoms with E-state index in [1.165, 1.54) is 0 Å². The minimum atomic E-state index is 0.408. The van der Waals surface area contributed by atoms with Gasteiger partial charge in [0.2, 0.25) is 0 Å². The number of nitrogens with zero attached hydrogens (tertiary/aromatic N) is 3. The second-order valence-corrected chi connectivity index (χ2v) is 3.33. The molecule has 0 spiro atoms. The molecule has 13 heavy (non-hydrogen) atoms. The summed E-state index contributed by atoms with van der Waals surface area (Å²) < 4.78 is 7.60. The van der Waals surface area contributed by atoms with E-state index in [9.17, 15) is 0 Å². The van der Waals surface area contributed by atoms with Crippen LogP contribution in [0, 0.1) is 0 Å². The molecule has 2 aromatic rings. The molecule has 2 rings (SSSR count). The molecule has 2 heterocycles. The fraction of sp³-hybridized carbons (Fsp3) is 0.143. The maximum atomic E-state index is 5.40. The Morgan fingerprint density at radius 2 is 2.38 bits per heavy atom. The van der Waals surface area contributed by atoms with Crippen molar-refractivity contribution in [2.24, 2.45) is 0 Å². The zero-order valence-corrected chi connectivity index (χ0v) is 8.23. The summed E-state index contributed by atoms with van der Waals surface area (Å²) >= 11 is 3.21. The van der Waals surface area contributed by atoms with Gasteiger partial charge in [-0.2, -0.15) is 0 Å². The van der Waals surface area contributed by atoms with Gasteiger partial charge in [-0.05, 0) is 28.1 Å². The van der Waals surface area contributed by atoms with Gasteiger partial charge < -0.3 is 10.2 Å². The van der Waals surface area contributed by atoms with E-state index in [1.54, 1.807) is 10.9 Å². The van der Waals surface area contributed by atoms with Crippen LogP contribution in [0.1, 0.15) is 5.76 Å². The van der Waals surface area contributed by atoms with Crippen LogP contribution in [0.4, 0.5) is 5.82 Å². The molecule has 0 amide bonds. The summed E-state index contributed by atoms with van der Waals surface area (Å²) in [6.45, 7) is 0.538. The molecule has 0 radical (unpaired) electrons. The lowest BCUT2D eigenvalue weighted by molar-refractivity contribution is 0.459. The zero-order valence-electron chi connectivity index (χ0n) is 6.64. The Hall–Kier alpha value is -1.30. The minimum absolute atomic E-state index is 0.408. The molecule has 68 valence electrons. The summed E-state index contributed by atoms with van der Waals surface area (Å²) in [5.74, 6) is 1.21. The summed E-state index contributed by atoms with van der Waals surface area (Å²) in [4.78, 5) is 0. The van der Waals surface area contributed by atoms with Crippen LogP contribution in [-0.2, 0) is 6.54 Å². The number of nitrogens with two attached hydrogens (primary N) is 1. The number of rotatable bonds is 2. The first-order valence-corrected chi connectivity index (χ1v) is 4.43. The van der Waals surface area contributed by atoms with Gasteiger partial charge in [0.15, 0.2) is 10.5 Å². The largest absolute Gasteiger partial charge is 0.452 e. The highest BCUT2D eigenvalue weighted by Gasteiger charge is 2.01. The molecule has 2 aromatic heterocycles. The second kappa shape index (κ2) is 3.21. The highest BCUT2D eigenvalue weighted by molar-refractivity contribution is 9.10. The third kappa shape index (κ3) is 1.89. The van der Waals surface area contributed by atoms with Crippen LogP contribution in [0.15, 0.2) is 27.4 Å². The van der Waals surface area contributed by atoms with Gasteiger partial charge in [0, 0.05) is 0 Å². The summed E-state index contributed by atoms with van der Waals surface area (Å²) in [5.41, 5.74) is 5.40. The Kier molecular flexibility index (Phi) is 2.05. The van der Waals surface area contributed by atoms with Gasteiger partial charge in [-0.3, -0.25) is 0 Å². The average Bonchev–Trinajstić information content (AvgIpc) is 2.62. The topological polar surface area (TPSA) is 69.9 Å². The minimum Gasteiger partial charge on any atom is -0.452 e. The van der Waals surface area contributed by atoms with Crippen molar-refractivity contribution >= 4 is 21.7 Å². The highest BCUT2D eigenvalue weighted by atomic mass is 79.9. The number of hydrogen-bond donors (Lipinski definition) is 1. The lowest BCUT2D eigenvalue weighted by Gasteiger charge is -1.94. The van der Waals surface area contributed by atoms with Crippen molar-refractivity contribution in [3.8, 4) is 0 Å². The molecule has 0 aliphatic rings. The van der Waals surface area contributed by atoms with Gasteiger partial charge in [0.1, 0.15) is 12.3 Å². The van der Waals surface area contributed by atoms with Gasteiger partial charge in [-0.15, -0.1) is 5.10 Å². The molecule has 0 aliphatic carbocycles.